The van der Waals surface area contributed by atoms with Crippen LogP contribution in [0.1, 0.15) is 5.56 Å². The van der Waals surface area contributed by atoms with Crippen molar-refractivity contribution in [3.8, 4) is 11.5 Å². The number of para-hydroxylation sites is 1. The summed E-state index contributed by atoms with van der Waals surface area (Å²) in [6.07, 6.45) is 0.258. The molecule has 0 fully saturated rings. The number of anilines is 1. The third-order valence-electron chi connectivity index (χ3n) is 4.45. The van der Waals surface area contributed by atoms with E-state index in [9.17, 15) is 4.79 Å². The molecule has 3 aromatic rings. The van der Waals surface area contributed by atoms with Gasteiger partial charge in [0, 0.05) is 13.1 Å². The lowest BCUT2D eigenvalue weighted by Gasteiger charge is -2.22. The van der Waals surface area contributed by atoms with E-state index in [2.05, 4.69) is 4.98 Å². The Kier molecular flexibility index (Phi) is 6.85. The molecule has 0 unspecified atom stereocenters. The first-order valence-electron chi connectivity index (χ1n) is 8.90. The van der Waals surface area contributed by atoms with E-state index in [0.717, 1.165) is 22.3 Å². The fourth-order valence-electron chi connectivity index (χ4n) is 2.97. The lowest BCUT2D eigenvalue weighted by Crippen LogP contribution is -2.37. The summed E-state index contributed by atoms with van der Waals surface area (Å²) < 4.78 is 11.7. The van der Waals surface area contributed by atoms with E-state index in [0.29, 0.717) is 28.2 Å². The third-order valence-corrected chi connectivity index (χ3v) is 5.80. The highest BCUT2D eigenvalue weighted by molar-refractivity contribution is 7.22. The summed E-state index contributed by atoms with van der Waals surface area (Å²) in [5.41, 5.74) is 1.61. The molecule has 2 heterocycles. The average molecular weight is 454 g/mol. The quantitative estimate of drug-likeness (QED) is 0.558. The third kappa shape index (κ3) is 4.75. The molecule has 1 amide bonds. The molecule has 0 saturated heterocycles. The summed E-state index contributed by atoms with van der Waals surface area (Å²) in [6, 6.07) is 11.3. The molecule has 2 aromatic carbocycles. The summed E-state index contributed by atoms with van der Waals surface area (Å²) >= 11 is 7.75. The number of fused-ring (bicyclic) bond motifs is 2. The van der Waals surface area contributed by atoms with Gasteiger partial charge in [-0.15, -0.1) is 12.4 Å². The minimum absolute atomic E-state index is 0. The van der Waals surface area contributed by atoms with Crippen LogP contribution in [0.3, 0.4) is 0 Å². The lowest BCUT2D eigenvalue weighted by molar-refractivity contribution is -0.118. The monoisotopic (exact) mass is 453 g/mol. The maximum Gasteiger partial charge on any atom is 0.233 e. The van der Waals surface area contributed by atoms with Gasteiger partial charge in [-0.1, -0.05) is 35.1 Å². The van der Waals surface area contributed by atoms with E-state index in [1.54, 1.807) is 4.90 Å². The van der Waals surface area contributed by atoms with Gasteiger partial charge in [-0.3, -0.25) is 9.69 Å². The Hall–Kier alpha value is -2.06. The molecular weight excluding hydrogens is 433 g/mol. The van der Waals surface area contributed by atoms with Gasteiger partial charge in [0.2, 0.25) is 12.7 Å². The van der Waals surface area contributed by atoms with Crippen LogP contribution in [-0.2, 0) is 11.2 Å². The van der Waals surface area contributed by atoms with E-state index in [4.69, 9.17) is 21.1 Å². The maximum absolute atomic E-state index is 13.2. The number of carbonyl (C=O) groups excluding carboxylic acids is 1. The van der Waals surface area contributed by atoms with Crippen molar-refractivity contribution in [2.75, 3.05) is 38.9 Å². The van der Waals surface area contributed by atoms with Crippen LogP contribution in [0.2, 0.25) is 5.02 Å². The first-order valence-corrected chi connectivity index (χ1v) is 10.1. The molecule has 0 radical (unpaired) electrons. The molecule has 0 saturated carbocycles. The van der Waals surface area contributed by atoms with Crippen LogP contribution in [0.25, 0.3) is 10.2 Å². The Morgan fingerprint density at radius 1 is 1.17 bits per heavy atom. The second kappa shape index (κ2) is 9.17. The van der Waals surface area contributed by atoms with Crippen molar-refractivity contribution in [2.24, 2.45) is 0 Å². The van der Waals surface area contributed by atoms with Crippen LogP contribution in [-0.4, -0.2) is 49.8 Å². The minimum atomic E-state index is -0.0177. The van der Waals surface area contributed by atoms with Crippen LogP contribution >= 0.6 is 35.3 Å². The highest BCUT2D eigenvalue weighted by atomic mass is 35.5. The zero-order chi connectivity index (χ0) is 19.7. The smallest absolute Gasteiger partial charge is 0.233 e. The second-order valence-corrected chi connectivity index (χ2v) is 8.21. The van der Waals surface area contributed by atoms with Gasteiger partial charge in [0.1, 0.15) is 5.52 Å². The second-order valence-electron chi connectivity index (χ2n) is 6.80. The summed E-state index contributed by atoms with van der Waals surface area (Å²) in [6.45, 7) is 1.50. The highest BCUT2D eigenvalue weighted by Gasteiger charge is 2.22. The fraction of sp³-hybridized carbons (Fsp3) is 0.300. The average Bonchev–Trinajstić information content (AvgIpc) is 3.28. The van der Waals surface area contributed by atoms with E-state index in [1.807, 2.05) is 55.4 Å². The number of hydrogen-bond acceptors (Lipinski definition) is 6. The number of rotatable bonds is 6. The molecule has 1 aliphatic rings. The SMILES string of the molecule is CN(C)CCN(C(=O)Cc1ccc2c(c1)OCO2)c1nc2c(Cl)cccc2s1.Cl. The van der Waals surface area contributed by atoms with Gasteiger partial charge >= 0.3 is 0 Å². The van der Waals surface area contributed by atoms with Gasteiger partial charge < -0.3 is 14.4 Å². The Balaban J connectivity index is 0.00000240. The van der Waals surface area contributed by atoms with Crippen molar-refractivity contribution in [3.63, 3.8) is 0 Å². The topological polar surface area (TPSA) is 54.9 Å². The molecule has 0 atom stereocenters. The number of benzene rings is 2. The van der Waals surface area contributed by atoms with Gasteiger partial charge in [0.05, 0.1) is 16.1 Å². The molecule has 0 bridgehead atoms. The summed E-state index contributed by atoms with van der Waals surface area (Å²) in [5.74, 6) is 1.37. The molecule has 0 aliphatic carbocycles. The lowest BCUT2D eigenvalue weighted by atomic mass is 10.1. The number of amides is 1. The number of likely N-dealkylation sites (N-methyl/N-ethyl adjacent to an activating group) is 1. The zero-order valence-corrected chi connectivity index (χ0v) is 18.4. The van der Waals surface area contributed by atoms with Crippen molar-refractivity contribution in [1.82, 2.24) is 9.88 Å². The molecule has 1 aliphatic heterocycles. The normalized spacial score (nSPS) is 12.3. The molecule has 6 nitrogen and oxygen atoms in total. The number of carbonyl (C=O) groups is 1. The summed E-state index contributed by atoms with van der Waals surface area (Å²) in [7, 11) is 3.96. The molecule has 0 spiro atoms. The van der Waals surface area contributed by atoms with Crippen LogP contribution in [0, 0.1) is 0 Å². The van der Waals surface area contributed by atoms with Crippen LogP contribution in [0.5, 0.6) is 11.5 Å². The van der Waals surface area contributed by atoms with Gasteiger partial charge in [0.15, 0.2) is 16.6 Å². The largest absolute Gasteiger partial charge is 0.454 e. The first-order chi connectivity index (χ1) is 13.5. The Morgan fingerprint density at radius 2 is 1.97 bits per heavy atom. The number of ether oxygens (including phenoxy) is 2. The zero-order valence-electron chi connectivity index (χ0n) is 16.1. The van der Waals surface area contributed by atoms with Crippen molar-refractivity contribution < 1.29 is 14.3 Å². The van der Waals surface area contributed by atoms with E-state index in [1.165, 1.54) is 11.3 Å². The van der Waals surface area contributed by atoms with Crippen molar-refractivity contribution in [1.29, 1.82) is 0 Å². The summed E-state index contributed by atoms with van der Waals surface area (Å²) in [4.78, 5) is 21.6. The number of halogens is 2. The Morgan fingerprint density at radius 3 is 2.72 bits per heavy atom. The minimum Gasteiger partial charge on any atom is -0.454 e. The van der Waals surface area contributed by atoms with E-state index >= 15 is 0 Å². The van der Waals surface area contributed by atoms with Crippen molar-refractivity contribution in [3.05, 3.63) is 47.0 Å². The molecular formula is C20H21Cl2N3O3S. The van der Waals surface area contributed by atoms with E-state index in [-0.39, 0.29) is 31.5 Å². The number of hydrogen-bond donors (Lipinski definition) is 0. The first kappa shape index (κ1) is 21.6. The predicted molar refractivity (Wildman–Crippen MR) is 119 cm³/mol. The molecule has 1 aromatic heterocycles. The fourth-order valence-corrected chi connectivity index (χ4v) is 4.28. The van der Waals surface area contributed by atoms with Gasteiger partial charge in [-0.25, -0.2) is 4.98 Å². The van der Waals surface area contributed by atoms with Gasteiger partial charge in [-0.2, -0.15) is 0 Å². The molecule has 29 heavy (non-hydrogen) atoms. The van der Waals surface area contributed by atoms with Gasteiger partial charge in [-0.05, 0) is 43.9 Å². The number of aromatic nitrogens is 1. The standard InChI is InChI=1S/C20H20ClN3O3S.ClH/c1-23(2)8-9-24(20-22-19-14(21)4-3-5-17(19)28-20)18(25)11-13-6-7-15-16(10-13)27-12-26-15;/h3-7,10H,8-9,11-12H2,1-2H3;1H. The predicted octanol–water partition coefficient (Wildman–Crippen LogP) is 4.24. The molecule has 154 valence electrons. The van der Waals surface area contributed by atoms with Crippen LogP contribution < -0.4 is 14.4 Å². The number of thiazole rings is 1. The Labute approximate surface area is 184 Å². The van der Waals surface area contributed by atoms with Crippen molar-refractivity contribution in [2.45, 2.75) is 6.42 Å². The molecule has 0 N–H and O–H groups in total. The Bertz CT molecular complexity index is 1030. The highest BCUT2D eigenvalue weighted by Crippen LogP contribution is 2.34. The van der Waals surface area contributed by atoms with Crippen LogP contribution in [0.15, 0.2) is 36.4 Å². The summed E-state index contributed by atoms with van der Waals surface area (Å²) in [5, 5.41) is 1.26. The van der Waals surface area contributed by atoms with Crippen molar-refractivity contribution >= 4 is 56.6 Å². The van der Waals surface area contributed by atoms with Crippen LogP contribution in [0.4, 0.5) is 5.13 Å². The number of nitrogens with zero attached hydrogens (tertiary/aromatic N) is 3. The van der Waals surface area contributed by atoms with E-state index < -0.39 is 0 Å². The maximum atomic E-state index is 13.2. The molecule has 9 heteroatoms. The molecule has 4 rings (SSSR count). The van der Waals surface area contributed by atoms with Gasteiger partial charge in [0.25, 0.3) is 0 Å².